The molecule has 3 aromatic rings. The summed E-state index contributed by atoms with van der Waals surface area (Å²) in [4.78, 5) is 18.4. The molecule has 2 heterocycles. The largest absolute Gasteiger partial charge is 0.397 e. The highest BCUT2D eigenvalue weighted by molar-refractivity contribution is 7.21. The van der Waals surface area contributed by atoms with Crippen LogP contribution in [0, 0.1) is 6.92 Å². The number of aryl methyl sites for hydroxylation is 1. The normalized spacial score (nSPS) is 12.3. The van der Waals surface area contributed by atoms with Crippen molar-refractivity contribution in [1.29, 1.82) is 0 Å². The van der Waals surface area contributed by atoms with Gasteiger partial charge in [0.1, 0.15) is 9.71 Å². The fraction of sp³-hybridized carbons (Fsp3) is 0.263. The SMILES string of the molecule is CCC(C)NC(=O)c1sc2nc(-c3ccc(C)cc3)ccc2c1N. The quantitative estimate of drug-likeness (QED) is 0.741. The highest BCUT2D eigenvalue weighted by Gasteiger charge is 2.18. The number of fused-ring (bicyclic) bond motifs is 1. The molecule has 0 aliphatic heterocycles. The van der Waals surface area contributed by atoms with Crippen LogP contribution >= 0.6 is 11.3 Å². The second kappa shape index (κ2) is 6.61. The average Bonchev–Trinajstić information content (AvgIpc) is 2.92. The summed E-state index contributed by atoms with van der Waals surface area (Å²) in [6.07, 6.45) is 0.881. The number of amides is 1. The van der Waals surface area contributed by atoms with E-state index in [1.807, 2.05) is 26.0 Å². The molecule has 0 saturated heterocycles. The molecule has 0 bridgehead atoms. The van der Waals surface area contributed by atoms with E-state index in [1.54, 1.807) is 0 Å². The summed E-state index contributed by atoms with van der Waals surface area (Å²) < 4.78 is 0. The van der Waals surface area contributed by atoms with Crippen LogP contribution < -0.4 is 11.1 Å². The maximum atomic E-state index is 12.4. The van der Waals surface area contributed by atoms with E-state index < -0.39 is 0 Å². The fourth-order valence-corrected chi connectivity index (χ4v) is 3.44. The lowest BCUT2D eigenvalue weighted by molar-refractivity contribution is 0.0944. The second-order valence-electron chi connectivity index (χ2n) is 6.04. The molecule has 1 amide bonds. The standard InChI is InChI=1S/C19H21N3OS/c1-4-12(3)21-18(23)17-16(20)14-9-10-15(22-19(14)24-17)13-7-5-11(2)6-8-13/h5-10,12H,4,20H2,1-3H3,(H,21,23). The van der Waals surface area contributed by atoms with Gasteiger partial charge in [0.05, 0.1) is 11.4 Å². The van der Waals surface area contributed by atoms with Crippen molar-refractivity contribution in [3.8, 4) is 11.3 Å². The Morgan fingerprint density at radius 2 is 1.96 bits per heavy atom. The number of rotatable bonds is 4. The number of pyridine rings is 1. The molecule has 24 heavy (non-hydrogen) atoms. The lowest BCUT2D eigenvalue weighted by Gasteiger charge is -2.10. The summed E-state index contributed by atoms with van der Waals surface area (Å²) in [5, 5.41) is 3.80. The number of hydrogen-bond donors (Lipinski definition) is 2. The molecule has 124 valence electrons. The van der Waals surface area contributed by atoms with Crippen LogP contribution in [-0.4, -0.2) is 16.9 Å². The Bertz CT molecular complexity index is 884. The Morgan fingerprint density at radius 1 is 1.25 bits per heavy atom. The Morgan fingerprint density at radius 3 is 2.62 bits per heavy atom. The van der Waals surface area contributed by atoms with Crippen LogP contribution in [0.15, 0.2) is 36.4 Å². The molecule has 5 heteroatoms. The summed E-state index contributed by atoms with van der Waals surface area (Å²) in [5.74, 6) is -0.123. The van der Waals surface area contributed by atoms with E-state index in [1.165, 1.54) is 16.9 Å². The number of anilines is 1. The van der Waals surface area contributed by atoms with Crippen molar-refractivity contribution in [2.75, 3.05) is 5.73 Å². The third-order valence-electron chi connectivity index (χ3n) is 4.14. The van der Waals surface area contributed by atoms with Crippen LogP contribution in [0.25, 0.3) is 21.5 Å². The first-order valence-corrected chi connectivity index (χ1v) is 8.88. The van der Waals surface area contributed by atoms with Gasteiger partial charge in [-0.1, -0.05) is 36.8 Å². The Balaban J connectivity index is 1.99. The number of nitrogen functional groups attached to an aromatic ring is 1. The molecule has 0 saturated carbocycles. The van der Waals surface area contributed by atoms with Crippen LogP contribution in [0.5, 0.6) is 0 Å². The predicted molar refractivity (Wildman–Crippen MR) is 101 cm³/mol. The van der Waals surface area contributed by atoms with Gasteiger partial charge in [-0.3, -0.25) is 4.79 Å². The van der Waals surface area contributed by atoms with Gasteiger partial charge in [-0.05, 0) is 32.4 Å². The van der Waals surface area contributed by atoms with E-state index in [2.05, 4.69) is 36.5 Å². The van der Waals surface area contributed by atoms with E-state index in [0.717, 1.165) is 27.9 Å². The van der Waals surface area contributed by atoms with Crippen molar-refractivity contribution >= 4 is 33.1 Å². The van der Waals surface area contributed by atoms with Crippen molar-refractivity contribution in [1.82, 2.24) is 10.3 Å². The third kappa shape index (κ3) is 3.12. The number of carbonyl (C=O) groups excluding carboxylic acids is 1. The Hall–Kier alpha value is -2.40. The van der Waals surface area contributed by atoms with E-state index in [9.17, 15) is 4.79 Å². The molecule has 0 fully saturated rings. The fourth-order valence-electron chi connectivity index (χ4n) is 2.44. The van der Waals surface area contributed by atoms with Gasteiger partial charge in [0.25, 0.3) is 5.91 Å². The zero-order valence-electron chi connectivity index (χ0n) is 14.1. The van der Waals surface area contributed by atoms with Gasteiger partial charge in [-0.15, -0.1) is 11.3 Å². The molecule has 2 aromatic heterocycles. The summed E-state index contributed by atoms with van der Waals surface area (Å²) in [7, 11) is 0. The van der Waals surface area contributed by atoms with Gasteiger partial charge in [0.15, 0.2) is 0 Å². The van der Waals surface area contributed by atoms with Gasteiger partial charge in [-0.2, -0.15) is 0 Å². The van der Waals surface area contributed by atoms with Crippen LogP contribution in [0.1, 0.15) is 35.5 Å². The van der Waals surface area contributed by atoms with Crippen molar-refractivity contribution in [3.05, 3.63) is 46.8 Å². The minimum absolute atomic E-state index is 0.123. The van der Waals surface area contributed by atoms with Gasteiger partial charge < -0.3 is 11.1 Å². The third-order valence-corrected chi connectivity index (χ3v) is 5.25. The van der Waals surface area contributed by atoms with E-state index in [0.29, 0.717) is 10.6 Å². The molecule has 1 aromatic carbocycles. The van der Waals surface area contributed by atoms with Crippen molar-refractivity contribution < 1.29 is 4.79 Å². The molecule has 0 spiro atoms. The van der Waals surface area contributed by atoms with E-state index in [-0.39, 0.29) is 11.9 Å². The molecular formula is C19H21N3OS. The molecule has 1 atom stereocenters. The molecule has 0 aliphatic carbocycles. The molecule has 1 unspecified atom stereocenters. The number of benzene rings is 1. The van der Waals surface area contributed by atoms with Gasteiger partial charge in [0.2, 0.25) is 0 Å². The lowest BCUT2D eigenvalue weighted by atomic mass is 10.1. The number of thiophene rings is 1. The summed E-state index contributed by atoms with van der Waals surface area (Å²) in [6, 6.07) is 12.3. The molecule has 0 radical (unpaired) electrons. The van der Waals surface area contributed by atoms with Gasteiger partial charge in [-0.25, -0.2) is 4.98 Å². The zero-order valence-corrected chi connectivity index (χ0v) is 14.9. The zero-order chi connectivity index (χ0) is 17.3. The summed E-state index contributed by atoms with van der Waals surface area (Å²) in [5.41, 5.74) is 9.84. The number of nitrogens with zero attached hydrogens (tertiary/aromatic N) is 1. The maximum absolute atomic E-state index is 12.4. The summed E-state index contributed by atoms with van der Waals surface area (Å²) in [6.45, 7) is 6.08. The lowest BCUT2D eigenvalue weighted by Crippen LogP contribution is -2.31. The average molecular weight is 339 g/mol. The highest BCUT2D eigenvalue weighted by Crippen LogP contribution is 2.34. The Kier molecular flexibility index (Phi) is 4.53. The van der Waals surface area contributed by atoms with Gasteiger partial charge >= 0.3 is 0 Å². The van der Waals surface area contributed by atoms with E-state index in [4.69, 9.17) is 10.7 Å². The van der Waals surface area contributed by atoms with Crippen LogP contribution in [0.3, 0.4) is 0 Å². The second-order valence-corrected chi connectivity index (χ2v) is 7.04. The van der Waals surface area contributed by atoms with Crippen LogP contribution in [0.4, 0.5) is 5.69 Å². The molecule has 0 aliphatic rings. The summed E-state index contributed by atoms with van der Waals surface area (Å²) >= 11 is 1.35. The predicted octanol–water partition coefficient (Wildman–Crippen LogP) is 4.38. The number of carbonyl (C=O) groups is 1. The first-order chi connectivity index (χ1) is 11.5. The van der Waals surface area contributed by atoms with E-state index >= 15 is 0 Å². The van der Waals surface area contributed by atoms with Gasteiger partial charge in [0, 0.05) is 17.0 Å². The smallest absolute Gasteiger partial charge is 0.263 e. The van der Waals surface area contributed by atoms with Crippen LogP contribution in [-0.2, 0) is 0 Å². The molecule has 3 N–H and O–H groups in total. The maximum Gasteiger partial charge on any atom is 0.263 e. The minimum Gasteiger partial charge on any atom is -0.397 e. The molecular weight excluding hydrogens is 318 g/mol. The monoisotopic (exact) mass is 339 g/mol. The van der Waals surface area contributed by atoms with Crippen LogP contribution in [0.2, 0.25) is 0 Å². The minimum atomic E-state index is -0.123. The Labute approximate surface area is 145 Å². The van der Waals surface area contributed by atoms with Crippen molar-refractivity contribution in [3.63, 3.8) is 0 Å². The van der Waals surface area contributed by atoms with Crippen molar-refractivity contribution in [2.24, 2.45) is 0 Å². The molecule has 3 rings (SSSR count). The topological polar surface area (TPSA) is 68.0 Å². The highest BCUT2D eigenvalue weighted by atomic mass is 32.1. The molecule has 4 nitrogen and oxygen atoms in total. The number of hydrogen-bond acceptors (Lipinski definition) is 4. The first kappa shape index (κ1) is 16.5. The number of aromatic nitrogens is 1. The first-order valence-electron chi connectivity index (χ1n) is 8.06. The van der Waals surface area contributed by atoms with Crippen molar-refractivity contribution in [2.45, 2.75) is 33.2 Å². The number of nitrogens with two attached hydrogens (primary N) is 1. The number of nitrogens with one attached hydrogen (secondary N) is 1.